The van der Waals surface area contributed by atoms with Gasteiger partial charge in [0.05, 0.1) is 16.8 Å². The highest BCUT2D eigenvalue weighted by Crippen LogP contribution is 2.36. The van der Waals surface area contributed by atoms with E-state index in [4.69, 9.17) is 11.6 Å². The third-order valence-electron chi connectivity index (χ3n) is 4.92. The van der Waals surface area contributed by atoms with E-state index in [-0.39, 0.29) is 17.0 Å². The van der Waals surface area contributed by atoms with Crippen molar-refractivity contribution in [1.82, 2.24) is 9.97 Å². The van der Waals surface area contributed by atoms with Crippen LogP contribution in [0.1, 0.15) is 37.1 Å². The number of aliphatic hydroxyl groups excluding tert-OH is 1. The van der Waals surface area contributed by atoms with Crippen molar-refractivity contribution in [2.45, 2.75) is 25.9 Å². The minimum atomic E-state index is -0.840. The molecule has 0 amide bonds. The number of halogens is 2. The molecular weight excluding hydrogens is 407 g/mol. The Labute approximate surface area is 177 Å². The van der Waals surface area contributed by atoms with Gasteiger partial charge in [0.15, 0.2) is 0 Å². The summed E-state index contributed by atoms with van der Waals surface area (Å²) in [7, 11) is 0. The van der Waals surface area contributed by atoms with Crippen LogP contribution in [0.25, 0.3) is 11.1 Å². The lowest BCUT2D eigenvalue weighted by Gasteiger charge is -2.22. The van der Waals surface area contributed by atoms with Crippen molar-refractivity contribution in [2.24, 2.45) is 0 Å². The van der Waals surface area contributed by atoms with Crippen LogP contribution >= 0.6 is 11.6 Å². The van der Waals surface area contributed by atoms with Crippen LogP contribution in [0.3, 0.4) is 0 Å². The molecule has 0 saturated carbocycles. The van der Waals surface area contributed by atoms with Crippen LogP contribution < -0.4 is 16.2 Å². The Kier molecular flexibility index (Phi) is 5.32. The Morgan fingerprint density at radius 1 is 1.20 bits per heavy atom. The Bertz CT molecular complexity index is 1210. The van der Waals surface area contributed by atoms with Crippen LogP contribution in [0.5, 0.6) is 0 Å². The van der Waals surface area contributed by atoms with E-state index < -0.39 is 17.5 Å². The largest absolute Gasteiger partial charge is 0.384 e. The number of nitrogens with zero attached hydrogens (tertiary/aromatic N) is 1. The van der Waals surface area contributed by atoms with Gasteiger partial charge in [-0.3, -0.25) is 4.79 Å². The number of fused-ring (bicyclic) bond motifs is 1. The van der Waals surface area contributed by atoms with Crippen LogP contribution in [-0.4, -0.2) is 15.1 Å². The fraction of sp³-hybridized carbons (Fsp3) is 0.182. The summed E-state index contributed by atoms with van der Waals surface area (Å²) in [6.07, 6.45) is 4.01. The van der Waals surface area contributed by atoms with E-state index in [1.807, 2.05) is 13.8 Å². The summed E-state index contributed by atoms with van der Waals surface area (Å²) < 4.78 is 14.4. The Hall–Kier alpha value is -3.16. The molecule has 2 aromatic heterocycles. The minimum Gasteiger partial charge on any atom is -0.384 e. The number of rotatable bonds is 4. The van der Waals surface area contributed by atoms with Gasteiger partial charge in [0.25, 0.3) is 5.56 Å². The Morgan fingerprint density at radius 3 is 2.77 bits per heavy atom. The molecule has 1 aliphatic rings. The summed E-state index contributed by atoms with van der Waals surface area (Å²) in [5.41, 5.74) is 2.31. The maximum absolute atomic E-state index is 14.4. The second kappa shape index (κ2) is 7.93. The molecule has 8 heteroatoms. The highest BCUT2D eigenvalue weighted by atomic mass is 35.5. The predicted molar refractivity (Wildman–Crippen MR) is 117 cm³/mol. The second-order valence-corrected chi connectivity index (χ2v) is 7.75. The molecule has 0 fully saturated rings. The Balaban J connectivity index is 1.87. The van der Waals surface area contributed by atoms with Crippen molar-refractivity contribution in [1.29, 1.82) is 0 Å². The first-order chi connectivity index (χ1) is 14.3. The predicted octanol–water partition coefficient (Wildman–Crippen LogP) is 5.07. The molecule has 4 rings (SSSR count). The van der Waals surface area contributed by atoms with Gasteiger partial charge in [-0.05, 0) is 42.3 Å². The summed E-state index contributed by atoms with van der Waals surface area (Å²) in [5, 5.41) is 17.0. The quantitative estimate of drug-likeness (QED) is 0.467. The average Bonchev–Trinajstić information content (AvgIpc) is 2.71. The van der Waals surface area contributed by atoms with Gasteiger partial charge in [-0.1, -0.05) is 25.4 Å². The summed E-state index contributed by atoms with van der Waals surface area (Å²) in [6.45, 7) is 3.88. The van der Waals surface area contributed by atoms with Crippen LogP contribution in [0, 0.1) is 5.82 Å². The number of pyridine rings is 2. The molecule has 0 spiro atoms. The van der Waals surface area contributed by atoms with Crippen molar-refractivity contribution in [3.8, 4) is 11.1 Å². The molecule has 30 heavy (non-hydrogen) atoms. The van der Waals surface area contributed by atoms with Crippen molar-refractivity contribution in [2.75, 3.05) is 10.6 Å². The fourth-order valence-electron chi connectivity index (χ4n) is 3.46. The zero-order chi connectivity index (χ0) is 21.4. The van der Waals surface area contributed by atoms with Crippen molar-refractivity contribution >= 4 is 28.8 Å². The van der Waals surface area contributed by atoms with E-state index in [1.54, 1.807) is 30.6 Å². The third kappa shape index (κ3) is 3.69. The van der Waals surface area contributed by atoms with Crippen molar-refractivity contribution in [3.05, 3.63) is 81.3 Å². The molecule has 1 aliphatic heterocycles. The SMILES string of the molecule is CC(C)c1[nH]c(=O)c(-c2cc(Cl)ccc2F)cc1Nc1ccnc2c1C(O)C=CN2. The van der Waals surface area contributed by atoms with E-state index in [0.717, 1.165) is 0 Å². The summed E-state index contributed by atoms with van der Waals surface area (Å²) in [5.74, 6) is -0.0232. The van der Waals surface area contributed by atoms with E-state index in [2.05, 4.69) is 20.6 Å². The Morgan fingerprint density at radius 2 is 2.00 bits per heavy atom. The molecule has 0 aliphatic carbocycles. The zero-order valence-corrected chi connectivity index (χ0v) is 17.1. The summed E-state index contributed by atoms with van der Waals surface area (Å²) in [4.78, 5) is 19.8. The van der Waals surface area contributed by atoms with E-state index in [1.165, 1.54) is 18.2 Å². The van der Waals surface area contributed by atoms with Crippen LogP contribution in [0.2, 0.25) is 5.02 Å². The first kappa shape index (κ1) is 20.1. The lowest BCUT2D eigenvalue weighted by molar-refractivity contribution is 0.228. The molecular formula is C22H20ClFN4O2. The van der Waals surface area contributed by atoms with Gasteiger partial charge in [0, 0.05) is 34.4 Å². The lowest BCUT2D eigenvalue weighted by atomic mass is 10.0. The zero-order valence-electron chi connectivity index (χ0n) is 16.3. The molecule has 3 aromatic rings. The number of aromatic nitrogens is 2. The molecule has 3 heterocycles. The molecule has 4 N–H and O–H groups in total. The fourth-order valence-corrected chi connectivity index (χ4v) is 3.64. The molecule has 6 nitrogen and oxygen atoms in total. The van der Waals surface area contributed by atoms with Crippen molar-refractivity contribution in [3.63, 3.8) is 0 Å². The molecule has 0 radical (unpaired) electrons. The van der Waals surface area contributed by atoms with Gasteiger partial charge in [-0.25, -0.2) is 9.37 Å². The number of H-pyrrole nitrogens is 1. The van der Waals surface area contributed by atoms with Gasteiger partial charge in [0.2, 0.25) is 0 Å². The smallest absolute Gasteiger partial charge is 0.256 e. The molecule has 154 valence electrons. The number of anilines is 3. The van der Waals surface area contributed by atoms with Crippen molar-refractivity contribution < 1.29 is 9.50 Å². The first-order valence-electron chi connectivity index (χ1n) is 9.45. The monoisotopic (exact) mass is 426 g/mol. The van der Waals surface area contributed by atoms with Crippen LogP contribution in [0.15, 0.2) is 53.6 Å². The molecule has 1 aromatic carbocycles. The topological polar surface area (TPSA) is 90.0 Å². The maximum atomic E-state index is 14.4. The number of hydrogen-bond donors (Lipinski definition) is 4. The standard InChI is InChI=1S/C22H20ClFN4O2/c1-11(2)20-17(27-16-5-7-25-21-19(16)18(29)6-8-26-21)10-14(22(30)28-20)13-9-12(23)3-4-15(13)24/h3-11,18,29H,1-2H3,(H,28,30)(H2,25,26,27). The summed E-state index contributed by atoms with van der Waals surface area (Å²) in [6, 6.07) is 7.43. The van der Waals surface area contributed by atoms with Gasteiger partial charge in [-0.2, -0.15) is 0 Å². The highest BCUT2D eigenvalue weighted by molar-refractivity contribution is 6.30. The third-order valence-corrected chi connectivity index (χ3v) is 5.16. The first-order valence-corrected chi connectivity index (χ1v) is 9.82. The minimum absolute atomic E-state index is 0.0148. The van der Waals surface area contributed by atoms with Crippen LogP contribution in [-0.2, 0) is 0 Å². The van der Waals surface area contributed by atoms with Gasteiger partial charge in [0.1, 0.15) is 17.7 Å². The van der Waals surface area contributed by atoms with E-state index >= 15 is 0 Å². The molecule has 0 bridgehead atoms. The van der Waals surface area contributed by atoms with Gasteiger partial charge < -0.3 is 20.7 Å². The van der Waals surface area contributed by atoms with E-state index in [9.17, 15) is 14.3 Å². The average molecular weight is 427 g/mol. The molecule has 1 atom stereocenters. The molecule has 1 unspecified atom stereocenters. The second-order valence-electron chi connectivity index (χ2n) is 7.31. The number of aromatic amines is 1. The van der Waals surface area contributed by atoms with Crippen LogP contribution in [0.4, 0.5) is 21.6 Å². The van der Waals surface area contributed by atoms with Gasteiger partial charge in [-0.15, -0.1) is 0 Å². The number of benzene rings is 1. The summed E-state index contributed by atoms with van der Waals surface area (Å²) >= 11 is 6.02. The highest BCUT2D eigenvalue weighted by Gasteiger charge is 2.21. The normalized spacial score (nSPS) is 15.1. The van der Waals surface area contributed by atoms with Gasteiger partial charge >= 0.3 is 0 Å². The molecule has 0 saturated heterocycles. The number of hydrogen-bond acceptors (Lipinski definition) is 5. The lowest BCUT2D eigenvalue weighted by Crippen LogP contribution is -2.16. The number of aliphatic hydroxyl groups is 1. The van der Waals surface area contributed by atoms with E-state index in [0.29, 0.717) is 33.5 Å². The maximum Gasteiger partial charge on any atom is 0.256 e. The number of nitrogens with one attached hydrogen (secondary N) is 3.